The summed E-state index contributed by atoms with van der Waals surface area (Å²) in [6.45, 7) is 3.09. The molecule has 2 aromatic rings. The highest BCUT2D eigenvalue weighted by atomic mass is 19.1. The number of carbonyl (C=O) groups is 3. The third-order valence-corrected chi connectivity index (χ3v) is 5.46. The number of halogens is 1. The van der Waals surface area contributed by atoms with Crippen LogP contribution >= 0.6 is 0 Å². The number of benzene rings is 2. The number of amides is 3. The maximum absolute atomic E-state index is 15.0. The molecule has 0 radical (unpaired) electrons. The van der Waals surface area contributed by atoms with E-state index in [2.05, 4.69) is 5.32 Å². The molecule has 0 unspecified atom stereocenters. The molecule has 2 aliphatic rings. The number of nitrogens with one attached hydrogen (secondary N) is 1. The Hall–Kier alpha value is -3.66. The zero-order valence-corrected chi connectivity index (χ0v) is 18.2. The summed E-state index contributed by atoms with van der Waals surface area (Å²) in [5, 5.41) is 3.91. The lowest BCUT2D eigenvalue weighted by Crippen LogP contribution is -2.34. The first-order valence-corrected chi connectivity index (χ1v) is 10.7. The van der Waals surface area contributed by atoms with Crippen molar-refractivity contribution in [1.82, 2.24) is 10.4 Å². The van der Waals surface area contributed by atoms with E-state index >= 15 is 4.39 Å². The average Bonchev–Trinajstić information content (AvgIpc) is 3.02. The largest absolute Gasteiger partial charge is 0.442 e. The van der Waals surface area contributed by atoms with Crippen LogP contribution in [-0.4, -0.2) is 68.4 Å². The summed E-state index contributed by atoms with van der Waals surface area (Å²) in [5.41, 5.74) is 1.26. The number of hydrogen-bond acceptors (Lipinski definition) is 6. The van der Waals surface area contributed by atoms with E-state index in [0.717, 1.165) is 0 Å². The molecule has 0 aliphatic carbocycles. The van der Waals surface area contributed by atoms with Gasteiger partial charge < -0.3 is 15.0 Å². The van der Waals surface area contributed by atoms with Crippen LogP contribution < -0.4 is 15.1 Å². The number of carbonyl (C=O) groups excluding carboxylic acids is 3. The van der Waals surface area contributed by atoms with Crippen molar-refractivity contribution in [3.8, 4) is 0 Å². The molecule has 0 spiro atoms. The SMILES string of the molecule is CC(=O)NC[C@H]1CN(c2ccc(N3CCON(C(=O)c4ccccc4)CC3)c(F)c2)C(=O)O1. The lowest BCUT2D eigenvalue weighted by molar-refractivity contribution is -0.119. The van der Waals surface area contributed by atoms with Crippen molar-refractivity contribution in [3.63, 3.8) is 0 Å². The highest BCUT2D eigenvalue weighted by molar-refractivity contribution is 5.93. The van der Waals surface area contributed by atoms with E-state index in [-0.39, 0.29) is 38.1 Å². The second-order valence-electron chi connectivity index (χ2n) is 7.78. The van der Waals surface area contributed by atoms with E-state index in [1.54, 1.807) is 41.3 Å². The first-order valence-electron chi connectivity index (χ1n) is 10.7. The monoisotopic (exact) mass is 456 g/mol. The van der Waals surface area contributed by atoms with Crippen LogP contribution in [0.1, 0.15) is 17.3 Å². The molecule has 2 aromatic carbocycles. The number of hydrogen-bond donors (Lipinski definition) is 1. The molecule has 9 nitrogen and oxygen atoms in total. The van der Waals surface area contributed by atoms with Crippen LogP contribution in [0.2, 0.25) is 0 Å². The third-order valence-electron chi connectivity index (χ3n) is 5.46. The molecule has 0 aromatic heterocycles. The van der Waals surface area contributed by atoms with Gasteiger partial charge in [-0.15, -0.1) is 0 Å². The van der Waals surface area contributed by atoms with Gasteiger partial charge in [0.05, 0.1) is 37.6 Å². The van der Waals surface area contributed by atoms with Gasteiger partial charge in [0.1, 0.15) is 11.9 Å². The quantitative estimate of drug-likeness (QED) is 0.742. The number of cyclic esters (lactones) is 1. The number of hydroxylamine groups is 2. The topological polar surface area (TPSA) is 91.4 Å². The normalized spacial score (nSPS) is 18.7. The van der Waals surface area contributed by atoms with Crippen molar-refractivity contribution in [2.24, 2.45) is 0 Å². The molecule has 2 aliphatic heterocycles. The van der Waals surface area contributed by atoms with Crippen LogP contribution in [0.5, 0.6) is 0 Å². The Morgan fingerprint density at radius 3 is 2.64 bits per heavy atom. The Kier molecular flexibility index (Phi) is 6.74. The van der Waals surface area contributed by atoms with E-state index in [1.165, 1.54) is 23.0 Å². The van der Waals surface area contributed by atoms with E-state index in [1.807, 2.05) is 6.07 Å². The number of nitrogens with zero attached hydrogens (tertiary/aromatic N) is 3. The van der Waals surface area contributed by atoms with E-state index in [9.17, 15) is 14.4 Å². The van der Waals surface area contributed by atoms with Crippen LogP contribution in [0.3, 0.4) is 0 Å². The predicted molar refractivity (Wildman–Crippen MR) is 118 cm³/mol. The second-order valence-corrected chi connectivity index (χ2v) is 7.78. The van der Waals surface area contributed by atoms with Crippen LogP contribution in [0, 0.1) is 5.82 Å². The van der Waals surface area contributed by atoms with Gasteiger partial charge in [0.15, 0.2) is 0 Å². The van der Waals surface area contributed by atoms with Crippen LogP contribution in [0.25, 0.3) is 0 Å². The Labute approximate surface area is 190 Å². The highest BCUT2D eigenvalue weighted by Crippen LogP contribution is 2.28. The summed E-state index contributed by atoms with van der Waals surface area (Å²) in [7, 11) is 0. The van der Waals surface area contributed by atoms with Crippen LogP contribution in [0.4, 0.5) is 20.6 Å². The Morgan fingerprint density at radius 2 is 1.91 bits per heavy atom. The standard InChI is InChI=1S/C23H25FN4O5/c1-16(29)25-14-19-15-27(23(31)33-19)18-7-8-21(20(24)13-18)26-9-10-28(32-12-11-26)22(30)17-5-3-2-4-6-17/h2-8,13,19H,9-12,14-15H2,1H3,(H,25,29)/t19-/m0/s1. The van der Waals surface area contributed by atoms with Crippen LogP contribution in [-0.2, 0) is 14.4 Å². The molecular weight excluding hydrogens is 431 g/mol. The molecular formula is C23H25FN4O5. The smallest absolute Gasteiger partial charge is 0.414 e. The van der Waals surface area contributed by atoms with E-state index < -0.39 is 18.0 Å². The van der Waals surface area contributed by atoms with E-state index in [4.69, 9.17) is 9.57 Å². The van der Waals surface area contributed by atoms with E-state index in [0.29, 0.717) is 30.0 Å². The van der Waals surface area contributed by atoms with Gasteiger partial charge in [-0.2, -0.15) is 0 Å². The summed E-state index contributed by atoms with van der Waals surface area (Å²) >= 11 is 0. The van der Waals surface area contributed by atoms with Gasteiger partial charge in [-0.25, -0.2) is 14.2 Å². The maximum atomic E-state index is 15.0. The minimum Gasteiger partial charge on any atom is -0.442 e. The lowest BCUT2D eigenvalue weighted by atomic mass is 10.2. The number of rotatable bonds is 5. The predicted octanol–water partition coefficient (Wildman–Crippen LogP) is 2.18. The first kappa shape index (κ1) is 22.5. The molecule has 0 bridgehead atoms. The van der Waals surface area contributed by atoms with Gasteiger partial charge in [0, 0.05) is 25.6 Å². The minimum absolute atomic E-state index is 0.199. The lowest BCUT2D eigenvalue weighted by Gasteiger charge is -2.24. The zero-order valence-electron chi connectivity index (χ0n) is 18.2. The van der Waals surface area contributed by atoms with Gasteiger partial charge in [-0.1, -0.05) is 18.2 Å². The number of anilines is 2. The Morgan fingerprint density at radius 1 is 1.12 bits per heavy atom. The molecule has 10 heteroatoms. The molecule has 1 atom stereocenters. The van der Waals surface area contributed by atoms with Crippen molar-refractivity contribution in [3.05, 3.63) is 59.9 Å². The molecule has 4 rings (SSSR count). The molecule has 174 valence electrons. The van der Waals surface area contributed by atoms with Crippen LogP contribution in [0.15, 0.2) is 48.5 Å². The first-order chi connectivity index (χ1) is 15.9. The summed E-state index contributed by atoms with van der Waals surface area (Å²) in [6.07, 6.45) is -1.09. The van der Waals surface area contributed by atoms with Gasteiger partial charge in [-0.3, -0.25) is 19.3 Å². The summed E-state index contributed by atoms with van der Waals surface area (Å²) < 4.78 is 20.3. The van der Waals surface area contributed by atoms with Gasteiger partial charge >= 0.3 is 6.09 Å². The molecule has 1 N–H and O–H groups in total. The fraction of sp³-hybridized carbons (Fsp3) is 0.348. The molecule has 2 heterocycles. The summed E-state index contributed by atoms with van der Waals surface area (Å²) in [4.78, 5) is 44.6. The maximum Gasteiger partial charge on any atom is 0.414 e. The third kappa shape index (κ3) is 5.23. The molecule has 33 heavy (non-hydrogen) atoms. The summed E-state index contributed by atoms with van der Waals surface area (Å²) in [5.74, 6) is -0.951. The Bertz CT molecular complexity index is 1030. The summed E-state index contributed by atoms with van der Waals surface area (Å²) in [6, 6.07) is 13.4. The molecule has 2 saturated heterocycles. The van der Waals surface area contributed by atoms with Crippen molar-refractivity contribution in [2.75, 3.05) is 49.1 Å². The van der Waals surface area contributed by atoms with Gasteiger partial charge in [0.25, 0.3) is 5.91 Å². The number of ether oxygens (including phenoxy) is 1. The average molecular weight is 456 g/mol. The fourth-order valence-corrected chi connectivity index (χ4v) is 3.79. The fourth-order valence-electron chi connectivity index (χ4n) is 3.79. The van der Waals surface area contributed by atoms with Gasteiger partial charge in [-0.05, 0) is 30.3 Å². The highest BCUT2D eigenvalue weighted by Gasteiger charge is 2.33. The van der Waals surface area contributed by atoms with Crippen molar-refractivity contribution >= 4 is 29.3 Å². The second kappa shape index (κ2) is 9.86. The minimum atomic E-state index is -0.587. The zero-order chi connectivity index (χ0) is 23.4. The molecule has 3 amide bonds. The Balaban J connectivity index is 1.40. The van der Waals surface area contributed by atoms with Gasteiger partial charge in [0.2, 0.25) is 5.91 Å². The molecule has 0 saturated carbocycles. The van der Waals surface area contributed by atoms with Crippen molar-refractivity contribution in [2.45, 2.75) is 13.0 Å². The van der Waals surface area contributed by atoms with Crippen molar-refractivity contribution in [1.29, 1.82) is 0 Å². The molecule has 2 fully saturated rings. The van der Waals surface area contributed by atoms with Crippen molar-refractivity contribution < 1.29 is 28.3 Å².